The highest BCUT2D eigenvalue weighted by molar-refractivity contribution is 7.13. The summed E-state index contributed by atoms with van der Waals surface area (Å²) in [6.45, 7) is 4.05. The Morgan fingerprint density at radius 3 is 2.43 bits per heavy atom. The second-order valence-electron chi connectivity index (χ2n) is 8.16. The van der Waals surface area contributed by atoms with Gasteiger partial charge in [0, 0.05) is 34.4 Å². The van der Waals surface area contributed by atoms with Crippen molar-refractivity contribution in [3.8, 4) is 11.3 Å². The summed E-state index contributed by atoms with van der Waals surface area (Å²) in [7, 11) is 0. The maximum absolute atomic E-state index is 13.4. The average molecular weight is 483 g/mol. The molecule has 0 unspecified atom stereocenters. The van der Waals surface area contributed by atoms with Crippen LogP contribution >= 0.6 is 11.3 Å². The van der Waals surface area contributed by atoms with Gasteiger partial charge in [0.1, 0.15) is 0 Å². The Morgan fingerprint density at radius 1 is 0.971 bits per heavy atom. The first-order valence-corrected chi connectivity index (χ1v) is 11.9. The third kappa shape index (κ3) is 4.67. The first-order valence-electron chi connectivity index (χ1n) is 11.1. The minimum atomic E-state index is -0.280. The Balaban J connectivity index is 1.44. The van der Waals surface area contributed by atoms with Gasteiger partial charge in [0.05, 0.1) is 22.8 Å². The van der Waals surface area contributed by atoms with E-state index >= 15 is 0 Å². The number of rotatable bonds is 6. The average Bonchev–Trinajstić information content (AvgIpc) is 3.54. The van der Waals surface area contributed by atoms with Gasteiger partial charge in [-0.3, -0.25) is 14.9 Å². The van der Waals surface area contributed by atoms with E-state index in [2.05, 4.69) is 20.7 Å². The lowest BCUT2D eigenvalue weighted by molar-refractivity contribution is 0.102. The van der Waals surface area contributed by atoms with E-state index in [1.54, 1.807) is 48.1 Å². The normalized spacial score (nSPS) is 11.1. The molecule has 5 rings (SSSR count). The smallest absolute Gasteiger partial charge is 0.257 e. The van der Waals surface area contributed by atoms with Crippen LogP contribution in [0.15, 0.2) is 78.4 Å². The number of thiazole rings is 1. The molecule has 9 heteroatoms. The standard InChI is InChI=1S/C26H22N6O2S/c1-16(2)32-23-21(15-28-32)20(14-22(30-23)17-6-4-3-5-7-17)25(34)29-19-10-8-18(9-11-19)24(33)31-26-27-12-13-35-26/h3-16H,1-2H3,(H,29,34)(H,27,31,33). The lowest BCUT2D eigenvalue weighted by Crippen LogP contribution is -2.14. The molecule has 0 saturated carbocycles. The number of nitrogens with one attached hydrogen (secondary N) is 2. The summed E-state index contributed by atoms with van der Waals surface area (Å²) in [4.78, 5) is 34.6. The molecule has 0 aliphatic heterocycles. The van der Waals surface area contributed by atoms with Crippen LogP contribution in [0.25, 0.3) is 22.3 Å². The number of hydrogen-bond donors (Lipinski definition) is 2. The molecule has 2 aromatic carbocycles. The summed E-state index contributed by atoms with van der Waals surface area (Å²) < 4.78 is 1.81. The Labute approximate surface area is 205 Å². The number of aromatic nitrogens is 4. The highest BCUT2D eigenvalue weighted by Gasteiger charge is 2.19. The van der Waals surface area contributed by atoms with Crippen molar-refractivity contribution in [2.75, 3.05) is 10.6 Å². The number of amides is 2. The van der Waals surface area contributed by atoms with E-state index in [1.165, 1.54) is 11.3 Å². The van der Waals surface area contributed by atoms with Gasteiger partial charge in [0.2, 0.25) is 0 Å². The van der Waals surface area contributed by atoms with E-state index in [9.17, 15) is 9.59 Å². The summed E-state index contributed by atoms with van der Waals surface area (Å²) in [6.07, 6.45) is 3.31. The third-order valence-electron chi connectivity index (χ3n) is 5.43. The van der Waals surface area contributed by atoms with Crippen molar-refractivity contribution in [3.63, 3.8) is 0 Å². The molecule has 0 atom stereocenters. The molecule has 0 saturated heterocycles. The van der Waals surface area contributed by atoms with Gasteiger partial charge in [0.15, 0.2) is 10.8 Å². The topological polar surface area (TPSA) is 102 Å². The van der Waals surface area contributed by atoms with Crippen molar-refractivity contribution >= 4 is 45.0 Å². The summed E-state index contributed by atoms with van der Waals surface area (Å²) in [6, 6.07) is 18.3. The van der Waals surface area contributed by atoms with Gasteiger partial charge in [-0.2, -0.15) is 5.10 Å². The van der Waals surface area contributed by atoms with Gasteiger partial charge in [0.25, 0.3) is 11.8 Å². The van der Waals surface area contributed by atoms with E-state index in [0.29, 0.717) is 38.7 Å². The fourth-order valence-corrected chi connectivity index (χ4v) is 4.22. The molecule has 0 aliphatic rings. The zero-order chi connectivity index (χ0) is 24.4. The Kier molecular flexibility index (Phi) is 6.07. The fourth-order valence-electron chi connectivity index (χ4n) is 3.70. The van der Waals surface area contributed by atoms with Crippen molar-refractivity contribution in [2.45, 2.75) is 19.9 Å². The molecule has 3 aromatic heterocycles. The Hall–Kier alpha value is -4.37. The highest BCUT2D eigenvalue weighted by Crippen LogP contribution is 2.27. The third-order valence-corrected chi connectivity index (χ3v) is 6.12. The number of anilines is 2. The van der Waals surface area contributed by atoms with Crippen molar-refractivity contribution in [3.05, 3.63) is 89.6 Å². The molecule has 0 spiro atoms. The molecule has 174 valence electrons. The molecule has 5 aromatic rings. The van der Waals surface area contributed by atoms with Crippen LogP contribution in [0.3, 0.4) is 0 Å². The van der Waals surface area contributed by atoms with Crippen molar-refractivity contribution in [1.29, 1.82) is 0 Å². The first kappa shape index (κ1) is 22.4. The number of carbonyl (C=O) groups excluding carboxylic acids is 2. The number of hydrogen-bond acceptors (Lipinski definition) is 6. The zero-order valence-corrected chi connectivity index (χ0v) is 19.9. The molecular weight excluding hydrogens is 460 g/mol. The quantitative estimate of drug-likeness (QED) is 0.326. The fraction of sp³-hybridized carbons (Fsp3) is 0.115. The van der Waals surface area contributed by atoms with E-state index in [4.69, 9.17) is 4.98 Å². The molecule has 3 heterocycles. The van der Waals surface area contributed by atoms with Gasteiger partial charge in [-0.25, -0.2) is 14.6 Å². The van der Waals surface area contributed by atoms with Crippen LogP contribution in [0.1, 0.15) is 40.6 Å². The minimum Gasteiger partial charge on any atom is -0.322 e. The van der Waals surface area contributed by atoms with Crippen LogP contribution in [-0.4, -0.2) is 31.6 Å². The first-order chi connectivity index (χ1) is 17.0. The van der Waals surface area contributed by atoms with Crippen molar-refractivity contribution in [1.82, 2.24) is 19.7 Å². The van der Waals surface area contributed by atoms with Crippen LogP contribution in [0.2, 0.25) is 0 Å². The number of carbonyl (C=O) groups is 2. The number of nitrogens with zero attached hydrogens (tertiary/aromatic N) is 4. The zero-order valence-electron chi connectivity index (χ0n) is 19.1. The SMILES string of the molecule is CC(C)n1ncc2c(C(=O)Nc3ccc(C(=O)Nc4nccs4)cc3)cc(-c3ccccc3)nc21. The van der Waals surface area contributed by atoms with Crippen LogP contribution < -0.4 is 10.6 Å². The van der Waals surface area contributed by atoms with Gasteiger partial charge in [-0.15, -0.1) is 11.3 Å². The van der Waals surface area contributed by atoms with E-state index < -0.39 is 0 Å². The second kappa shape index (κ2) is 9.47. The van der Waals surface area contributed by atoms with Crippen molar-refractivity contribution < 1.29 is 9.59 Å². The van der Waals surface area contributed by atoms with E-state index in [-0.39, 0.29) is 17.9 Å². The number of pyridine rings is 1. The Morgan fingerprint density at radius 2 is 1.74 bits per heavy atom. The molecule has 0 fully saturated rings. The molecule has 2 amide bonds. The summed E-state index contributed by atoms with van der Waals surface area (Å²) >= 11 is 1.35. The van der Waals surface area contributed by atoms with E-state index in [1.807, 2.05) is 48.9 Å². The summed E-state index contributed by atoms with van der Waals surface area (Å²) in [5.41, 5.74) is 3.78. The monoisotopic (exact) mass is 482 g/mol. The van der Waals surface area contributed by atoms with Crippen LogP contribution in [0, 0.1) is 0 Å². The van der Waals surface area contributed by atoms with Gasteiger partial charge >= 0.3 is 0 Å². The lowest BCUT2D eigenvalue weighted by atomic mass is 10.1. The number of benzene rings is 2. The predicted molar refractivity (Wildman–Crippen MR) is 138 cm³/mol. The summed E-state index contributed by atoms with van der Waals surface area (Å²) in [5.74, 6) is -0.542. The van der Waals surface area contributed by atoms with Crippen LogP contribution in [0.4, 0.5) is 10.8 Å². The van der Waals surface area contributed by atoms with Crippen LogP contribution in [-0.2, 0) is 0 Å². The maximum Gasteiger partial charge on any atom is 0.257 e. The number of fused-ring (bicyclic) bond motifs is 1. The molecule has 8 nitrogen and oxygen atoms in total. The van der Waals surface area contributed by atoms with Gasteiger partial charge in [-0.1, -0.05) is 30.3 Å². The van der Waals surface area contributed by atoms with Gasteiger partial charge < -0.3 is 5.32 Å². The summed E-state index contributed by atoms with van der Waals surface area (Å²) in [5, 5.41) is 13.1. The largest absolute Gasteiger partial charge is 0.322 e. The predicted octanol–water partition coefficient (Wildman–Crippen LogP) is 5.64. The van der Waals surface area contributed by atoms with E-state index in [0.717, 1.165) is 5.56 Å². The van der Waals surface area contributed by atoms with Gasteiger partial charge in [-0.05, 0) is 44.2 Å². The molecular formula is C26H22N6O2S. The maximum atomic E-state index is 13.4. The lowest BCUT2D eigenvalue weighted by Gasteiger charge is -2.11. The van der Waals surface area contributed by atoms with Crippen molar-refractivity contribution in [2.24, 2.45) is 0 Å². The molecule has 0 aliphatic carbocycles. The molecule has 35 heavy (non-hydrogen) atoms. The van der Waals surface area contributed by atoms with Crippen LogP contribution in [0.5, 0.6) is 0 Å². The molecule has 2 N–H and O–H groups in total. The second-order valence-corrected chi connectivity index (χ2v) is 9.06. The highest BCUT2D eigenvalue weighted by atomic mass is 32.1. The minimum absolute atomic E-state index is 0.0880. The molecule has 0 bridgehead atoms. The Bertz CT molecular complexity index is 1490. The molecule has 0 radical (unpaired) electrons.